The Morgan fingerprint density at radius 1 is 1.24 bits per heavy atom. The number of hydrogen-bond donors (Lipinski definition) is 2. The number of carbonyl (C=O) groups excluding carboxylic acids is 1. The van der Waals surface area contributed by atoms with Crippen LogP contribution >= 0.6 is 15.9 Å². The number of ether oxygens (including phenoxy) is 1. The molecule has 10 heteroatoms. The average Bonchev–Trinajstić information content (AvgIpc) is 2.54. The zero-order chi connectivity index (χ0) is 18.6. The van der Waals surface area contributed by atoms with E-state index in [0.717, 1.165) is 0 Å². The van der Waals surface area contributed by atoms with Crippen LogP contribution in [0.4, 0.5) is 23.8 Å². The molecular formula is C15H10BrF3N2O4. The van der Waals surface area contributed by atoms with Gasteiger partial charge in [0.15, 0.2) is 11.5 Å². The van der Waals surface area contributed by atoms with Gasteiger partial charge in [-0.1, -0.05) is 30.3 Å². The number of alkyl halides is 3. The van der Waals surface area contributed by atoms with Crippen LogP contribution in [0.1, 0.15) is 21.6 Å². The van der Waals surface area contributed by atoms with Crippen molar-refractivity contribution >= 4 is 33.8 Å². The fourth-order valence-corrected chi connectivity index (χ4v) is 2.34. The third-order valence-electron chi connectivity index (χ3n) is 2.91. The van der Waals surface area contributed by atoms with E-state index in [1.807, 2.05) is 5.32 Å². The number of halogens is 4. The Hall–Kier alpha value is -2.62. The number of carboxylic acids is 1. The van der Waals surface area contributed by atoms with E-state index in [9.17, 15) is 22.8 Å². The number of nitrogens with zero attached hydrogens (tertiary/aromatic N) is 1. The molecule has 1 aromatic carbocycles. The van der Waals surface area contributed by atoms with Gasteiger partial charge in [-0.3, -0.25) is 5.32 Å². The lowest BCUT2D eigenvalue weighted by Gasteiger charge is -2.13. The number of carboxylic acid groups (broad SMARTS) is 1. The molecule has 1 aromatic heterocycles. The van der Waals surface area contributed by atoms with Gasteiger partial charge in [0.1, 0.15) is 12.2 Å². The Kier molecular flexibility index (Phi) is 5.62. The van der Waals surface area contributed by atoms with Gasteiger partial charge in [-0.2, -0.15) is 13.2 Å². The van der Waals surface area contributed by atoms with Gasteiger partial charge in [0.25, 0.3) is 0 Å². The van der Waals surface area contributed by atoms with E-state index >= 15 is 0 Å². The van der Waals surface area contributed by atoms with Crippen LogP contribution in [-0.2, 0) is 17.5 Å². The zero-order valence-corrected chi connectivity index (χ0v) is 13.9. The van der Waals surface area contributed by atoms with Crippen molar-refractivity contribution in [3.05, 3.63) is 57.7 Å². The van der Waals surface area contributed by atoms with Crippen LogP contribution < -0.4 is 5.32 Å². The Balaban J connectivity index is 2.21. The molecule has 25 heavy (non-hydrogen) atoms. The molecule has 0 saturated carbocycles. The van der Waals surface area contributed by atoms with Crippen molar-refractivity contribution in [2.45, 2.75) is 12.8 Å². The van der Waals surface area contributed by atoms with Gasteiger partial charge in [0.05, 0.1) is 0 Å². The molecule has 2 rings (SSSR count). The summed E-state index contributed by atoms with van der Waals surface area (Å²) in [5.74, 6) is -2.32. The third kappa shape index (κ3) is 4.92. The highest BCUT2D eigenvalue weighted by Crippen LogP contribution is 2.35. The molecule has 0 bridgehead atoms. The molecule has 2 aromatic rings. The lowest BCUT2D eigenvalue weighted by molar-refractivity contribution is -0.141. The molecule has 0 radical (unpaired) electrons. The molecule has 0 aliphatic carbocycles. The van der Waals surface area contributed by atoms with E-state index in [1.165, 1.54) is 0 Å². The highest BCUT2D eigenvalue weighted by atomic mass is 79.9. The summed E-state index contributed by atoms with van der Waals surface area (Å²) >= 11 is 2.62. The largest absolute Gasteiger partial charge is 0.478 e. The van der Waals surface area contributed by atoms with Crippen molar-refractivity contribution in [1.82, 2.24) is 4.98 Å². The van der Waals surface area contributed by atoms with Gasteiger partial charge in [0.2, 0.25) is 0 Å². The summed E-state index contributed by atoms with van der Waals surface area (Å²) in [5, 5.41) is 11.0. The van der Waals surface area contributed by atoms with Gasteiger partial charge in [0, 0.05) is 4.47 Å². The number of rotatable bonds is 4. The molecule has 0 aliphatic heterocycles. The summed E-state index contributed by atoms with van der Waals surface area (Å²) in [7, 11) is 0. The van der Waals surface area contributed by atoms with Crippen molar-refractivity contribution in [2.75, 3.05) is 5.32 Å². The summed E-state index contributed by atoms with van der Waals surface area (Å²) < 4.78 is 42.9. The number of anilines is 1. The number of aromatic carboxylic acids is 1. The van der Waals surface area contributed by atoms with Crippen LogP contribution in [-0.4, -0.2) is 22.2 Å². The second-order valence-corrected chi connectivity index (χ2v) is 5.56. The summed E-state index contributed by atoms with van der Waals surface area (Å²) in [4.78, 5) is 26.1. The monoisotopic (exact) mass is 418 g/mol. The Bertz CT molecular complexity index is 797. The van der Waals surface area contributed by atoms with Gasteiger partial charge in [-0.15, -0.1) is 0 Å². The number of carbonyl (C=O) groups is 2. The van der Waals surface area contributed by atoms with Crippen LogP contribution in [0.5, 0.6) is 0 Å². The lowest BCUT2D eigenvalue weighted by Crippen LogP contribution is -2.20. The quantitative estimate of drug-likeness (QED) is 0.771. The number of pyridine rings is 1. The minimum Gasteiger partial charge on any atom is -0.478 e. The fraction of sp³-hybridized carbons (Fsp3) is 0.133. The number of benzene rings is 1. The number of amides is 1. The second-order valence-electron chi connectivity index (χ2n) is 4.70. The highest BCUT2D eigenvalue weighted by Gasteiger charge is 2.36. The van der Waals surface area contributed by atoms with E-state index in [2.05, 4.69) is 20.9 Å². The van der Waals surface area contributed by atoms with Crippen molar-refractivity contribution in [3.63, 3.8) is 0 Å². The van der Waals surface area contributed by atoms with E-state index in [0.29, 0.717) is 11.6 Å². The predicted octanol–water partition coefficient (Wildman–Crippen LogP) is 4.31. The normalized spacial score (nSPS) is 11.0. The average molecular weight is 419 g/mol. The first-order chi connectivity index (χ1) is 11.7. The van der Waals surface area contributed by atoms with Crippen LogP contribution in [0.3, 0.4) is 0 Å². The molecule has 1 heterocycles. The second kappa shape index (κ2) is 7.51. The van der Waals surface area contributed by atoms with Crippen LogP contribution in [0.25, 0.3) is 0 Å². The van der Waals surface area contributed by atoms with E-state index in [4.69, 9.17) is 9.84 Å². The van der Waals surface area contributed by atoms with Crippen LogP contribution in [0, 0.1) is 0 Å². The number of aromatic nitrogens is 1. The molecule has 0 aliphatic rings. The lowest BCUT2D eigenvalue weighted by atomic mass is 10.2. The summed E-state index contributed by atoms with van der Waals surface area (Å²) in [5.41, 5.74) is -1.33. The summed E-state index contributed by atoms with van der Waals surface area (Å²) in [6.45, 7) is -0.141. The van der Waals surface area contributed by atoms with E-state index in [-0.39, 0.29) is 6.61 Å². The Morgan fingerprint density at radius 3 is 2.44 bits per heavy atom. The van der Waals surface area contributed by atoms with E-state index < -0.39 is 39.8 Å². The van der Waals surface area contributed by atoms with Crippen molar-refractivity contribution in [3.8, 4) is 0 Å². The van der Waals surface area contributed by atoms with Crippen LogP contribution in [0.15, 0.2) is 40.9 Å². The smallest absolute Gasteiger partial charge is 0.434 e. The molecule has 132 valence electrons. The summed E-state index contributed by atoms with van der Waals surface area (Å²) in [6, 6.07) is 9.25. The summed E-state index contributed by atoms with van der Waals surface area (Å²) in [6.07, 6.45) is -5.96. The molecule has 0 saturated heterocycles. The molecule has 2 N–H and O–H groups in total. The maximum Gasteiger partial charge on any atom is 0.434 e. The SMILES string of the molecule is O=C(Nc1nc(C(F)(F)F)c(Br)cc1C(=O)O)OCc1ccccc1. The molecule has 0 fully saturated rings. The molecule has 0 spiro atoms. The minimum atomic E-state index is -4.83. The Morgan fingerprint density at radius 2 is 1.88 bits per heavy atom. The van der Waals surface area contributed by atoms with Crippen molar-refractivity contribution in [2.24, 2.45) is 0 Å². The third-order valence-corrected chi connectivity index (χ3v) is 3.51. The molecular weight excluding hydrogens is 409 g/mol. The topological polar surface area (TPSA) is 88.5 Å². The maximum absolute atomic E-state index is 12.9. The van der Waals surface area contributed by atoms with E-state index in [1.54, 1.807) is 30.3 Å². The predicted molar refractivity (Wildman–Crippen MR) is 84.1 cm³/mol. The first-order valence-corrected chi connectivity index (χ1v) is 7.46. The van der Waals surface area contributed by atoms with Crippen molar-refractivity contribution < 1.29 is 32.6 Å². The molecule has 1 amide bonds. The Labute approximate surface area is 147 Å². The van der Waals surface area contributed by atoms with Gasteiger partial charge < -0.3 is 9.84 Å². The van der Waals surface area contributed by atoms with Gasteiger partial charge in [-0.25, -0.2) is 14.6 Å². The molecule has 6 nitrogen and oxygen atoms in total. The number of hydrogen-bond acceptors (Lipinski definition) is 4. The van der Waals surface area contributed by atoms with Crippen molar-refractivity contribution in [1.29, 1.82) is 0 Å². The first kappa shape index (κ1) is 18.7. The molecule has 0 atom stereocenters. The fourth-order valence-electron chi connectivity index (χ4n) is 1.80. The number of nitrogens with one attached hydrogen (secondary N) is 1. The van der Waals surface area contributed by atoms with Crippen LogP contribution in [0.2, 0.25) is 0 Å². The van der Waals surface area contributed by atoms with Gasteiger partial charge in [-0.05, 0) is 27.6 Å². The highest BCUT2D eigenvalue weighted by molar-refractivity contribution is 9.10. The minimum absolute atomic E-state index is 0.141. The molecule has 0 unspecified atom stereocenters. The zero-order valence-electron chi connectivity index (χ0n) is 12.3. The standard InChI is InChI=1S/C15H10BrF3N2O4/c16-10-6-9(13(22)23)12(20-11(10)15(17,18)19)21-14(24)25-7-8-4-2-1-3-5-8/h1-6H,7H2,(H,22,23)(H,20,21,24). The van der Waals surface area contributed by atoms with Gasteiger partial charge >= 0.3 is 18.2 Å². The maximum atomic E-state index is 12.9. The first-order valence-electron chi connectivity index (χ1n) is 6.67.